The Labute approximate surface area is 254 Å². The number of aliphatic hydroxyl groups is 1. The molecule has 230 valence electrons. The molecule has 0 aliphatic carbocycles. The number of anilines is 1. The molecule has 2 amide bonds. The molecule has 0 radical (unpaired) electrons. The zero-order chi connectivity index (χ0) is 30.8. The number of hydrogen-bond acceptors (Lipinski definition) is 6. The van der Waals surface area contributed by atoms with E-state index in [1.165, 1.54) is 4.90 Å². The number of aliphatic hydroxyl groups excluding tert-OH is 1. The van der Waals surface area contributed by atoms with Crippen LogP contribution in [0.4, 0.5) is 5.69 Å². The lowest BCUT2D eigenvalue weighted by Crippen LogP contribution is -2.60. The van der Waals surface area contributed by atoms with Gasteiger partial charge in [-0.25, -0.2) is 0 Å². The van der Waals surface area contributed by atoms with Crippen molar-refractivity contribution in [2.75, 3.05) is 24.7 Å². The average Bonchev–Trinajstić information content (AvgIpc) is 3.56. The van der Waals surface area contributed by atoms with E-state index in [0.29, 0.717) is 36.4 Å². The van der Waals surface area contributed by atoms with E-state index in [2.05, 4.69) is 13.2 Å². The van der Waals surface area contributed by atoms with Crippen LogP contribution in [0, 0.1) is 24.7 Å². The summed E-state index contributed by atoms with van der Waals surface area (Å²) < 4.78 is 12.6. The quantitative estimate of drug-likeness (QED) is 0.178. The zero-order valence-electron chi connectivity index (χ0n) is 25.3. The summed E-state index contributed by atoms with van der Waals surface area (Å²) in [5.74, 6) is -3.08. The third-order valence-corrected chi connectivity index (χ3v) is 9.81. The van der Waals surface area contributed by atoms with Gasteiger partial charge >= 0.3 is 5.97 Å². The summed E-state index contributed by atoms with van der Waals surface area (Å²) in [5, 5.41) is 10.9. The molecule has 1 spiro atoms. The van der Waals surface area contributed by atoms with Crippen molar-refractivity contribution >= 4 is 35.1 Å². The molecule has 3 heterocycles. The fourth-order valence-electron chi connectivity index (χ4n) is 7.46. The van der Waals surface area contributed by atoms with Gasteiger partial charge in [0.25, 0.3) is 5.91 Å². The Hall–Kier alpha value is -2.68. The van der Waals surface area contributed by atoms with Gasteiger partial charge in [-0.15, -0.1) is 13.2 Å². The van der Waals surface area contributed by atoms with Gasteiger partial charge in [0.1, 0.15) is 17.6 Å². The van der Waals surface area contributed by atoms with Gasteiger partial charge in [0.15, 0.2) is 0 Å². The van der Waals surface area contributed by atoms with Gasteiger partial charge in [-0.1, -0.05) is 56.7 Å². The Morgan fingerprint density at radius 1 is 1.26 bits per heavy atom. The van der Waals surface area contributed by atoms with Crippen LogP contribution >= 0.6 is 11.6 Å². The molecule has 6 atom stereocenters. The number of aryl methyl sites for hydroxylation is 1. The zero-order valence-corrected chi connectivity index (χ0v) is 26.1. The fourth-order valence-corrected chi connectivity index (χ4v) is 7.78. The lowest BCUT2D eigenvalue weighted by molar-refractivity contribution is -0.162. The van der Waals surface area contributed by atoms with Gasteiger partial charge in [0.05, 0.1) is 41.5 Å². The number of halogens is 1. The van der Waals surface area contributed by atoms with Crippen molar-refractivity contribution in [1.82, 2.24) is 4.90 Å². The number of carbonyl (C=O) groups excluding carboxylic acids is 3. The molecule has 42 heavy (non-hydrogen) atoms. The molecule has 0 aromatic heterocycles. The van der Waals surface area contributed by atoms with Crippen molar-refractivity contribution in [2.24, 2.45) is 17.8 Å². The van der Waals surface area contributed by atoms with Crippen LogP contribution < -0.4 is 4.90 Å². The number of likely N-dealkylation sites (tertiary alicyclic amines) is 1. The maximum atomic E-state index is 14.8. The average molecular weight is 601 g/mol. The largest absolute Gasteiger partial charge is 0.465 e. The first-order chi connectivity index (χ1) is 20.0. The van der Waals surface area contributed by atoms with Crippen LogP contribution in [0.1, 0.15) is 64.9 Å². The summed E-state index contributed by atoms with van der Waals surface area (Å²) >= 11 is 6.65. The molecule has 1 aromatic carbocycles. The first-order valence-electron chi connectivity index (χ1n) is 15.1. The fraction of sp³-hybridized carbons (Fsp3) is 0.606. The number of hydrogen-bond donors (Lipinski definition) is 1. The number of nitrogens with zero attached hydrogens (tertiary/aromatic N) is 2. The second-order valence-corrected chi connectivity index (χ2v) is 12.6. The molecule has 4 rings (SSSR count). The van der Waals surface area contributed by atoms with Crippen LogP contribution in [0.5, 0.6) is 0 Å². The summed E-state index contributed by atoms with van der Waals surface area (Å²) in [7, 11) is 0. The Morgan fingerprint density at radius 3 is 2.60 bits per heavy atom. The van der Waals surface area contributed by atoms with Crippen molar-refractivity contribution in [3.63, 3.8) is 0 Å². The number of para-hydroxylation sites is 1. The van der Waals surface area contributed by atoms with Crippen molar-refractivity contribution < 1.29 is 29.0 Å². The van der Waals surface area contributed by atoms with Crippen LogP contribution in [0.2, 0.25) is 5.02 Å². The Kier molecular flexibility index (Phi) is 9.90. The van der Waals surface area contributed by atoms with Crippen molar-refractivity contribution in [3.05, 3.63) is 54.1 Å². The molecular formula is C33H45ClN2O6. The molecule has 3 fully saturated rings. The highest BCUT2D eigenvalue weighted by Gasteiger charge is 2.79. The number of benzene rings is 1. The minimum absolute atomic E-state index is 0.156. The predicted octanol–water partition coefficient (Wildman–Crippen LogP) is 5.24. The first-order valence-corrected chi connectivity index (χ1v) is 15.5. The van der Waals surface area contributed by atoms with E-state index in [1.807, 2.05) is 45.9 Å². The number of carbonyl (C=O) groups is 3. The predicted molar refractivity (Wildman–Crippen MR) is 163 cm³/mol. The molecule has 2 bridgehead atoms. The van der Waals surface area contributed by atoms with Crippen LogP contribution in [0.3, 0.4) is 0 Å². The monoisotopic (exact) mass is 600 g/mol. The van der Waals surface area contributed by atoms with E-state index in [9.17, 15) is 19.5 Å². The molecule has 3 saturated heterocycles. The molecule has 3 aliphatic heterocycles. The minimum Gasteiger partial charge on any atom is -0.465 e. The normalized spacial score (nSPS) is 28.6. The second-order valence-electron chi connectivity index (χ2n) is 12.2. The highest BCUT2D eigenvalue weighted by Crippen LogP contribution is 2.65. The van der Waals surface area contributed by atoms with E-state index in [-0.39, 0.29) is 37.5 Å². The summed E-state index contributed by atoms with van der Waals surface area (Å²) in [5.41, 5.74) is -0.813. The highest BCUT2D eigenvalue weighted by molar-refractivity contribution is 6.34. The lowest BCUT2D eigenvalue weighted by Gasteiger charge is -2.41. The second kappa shape index (κ2) is 12.9. The van der Waals surface area contributed by atoms with E-state index < -0.39 is 41.1 Å². The van der Waals surface area contributed by atoms with E-state index in [4.69, 9.17) is 21.1 Å². The van der Waals surface area contributed by atoms with Crippen LogP contribution in [-0.4, -0.2) is 70.8 Å². The maximum Gasteiger partial charge on any atom is 0.312 e. The molecular weight excluding hydrogens is 556 g/mol. The van der Waals surface area contributed by atoms with Gasteiger partial charge in [-0.2, -0.15) is 0 Å². The van der Waals surface area contributed by atoms with Crippen LogP contribution in [0.25, 0.3) is 0 Å². The highest BCUT2D eigenvalue weighted by atomic mass is 35.5. The number of ether oxygens (including phenoxy) is 2. The third-order valence-electron chi connectivity index (χ3n) is 9.50. The molecule has 2 unspecified atom stereocenters. The molecule has 1 aromatic rings. The number of rotatable bonds is 14. The van der Waals surface area contributed by atoms with Gasteiger partial charge in [-0.3, -0.25) is 14.4 Å². The van der Waals surface area contributed by atoms with E-state index >= 15 is 0 Å². The van der Waals surface area contributed by atoms with Crippen molar-refractivity contribution in [1.29, 1.82) is 0 Å². The molecule has 1 N–H and O–H groups in total. The Bertz CT molecular complexity index is 1200. The molecule has 8 nitrogen and oxygen atoms in total. The number of fused-ring (bicyclic) bond motifs is 1. The number of unbranched alkanes of at least 4 members (excludes halogenated alkanes) is 2. The minimum atomic E-state index is -1.24. The number of esters is 1. The lowest BCUT2D eigenvalue weighted by atomic mass is 9.65. The Morgan fingerprint density at radius 2 is 2.00 bits per heavy atom. The molecule has 3 aliphatic rings. The Balaban J connectivity index is 1.82. The standard InChI is InChI=1S/C33H45ClN2O6/c1-7-10-11-12-19-41-31(40)26-25-29(38)36(24(20-37)21(4)5)28(33(25)17-16-32(26,9-3)42-33)30(39)35(18-8-2)27-22(6)14-13-15-23(27)34/h7-8,13-15,21,24-26,28,37H,1-2,9-12,16-20H2,3-6H3/t24-,25-,26+,28?,32-,33?/m0/s1. The van der Waals surface area contributed by atoms with Gasteiger partial charge in [0.2, 0.25) is 5.91 Å². The smallest absolute Gasteiger partial charge is 0.312 e. The van der Waals surface area contributed by atoms with Gasteiger partial charge < -0.3 is 24.4 Å². The van der Waals surface area contributed by atoms with E-state index in [1.54, 1.807) is 17.0 Å². The molecule has 9 heteroatoms. The number of amides is 2. The van der Waals surface area contributed by atoms with Crippen molar-refractivity contribution in [2.45, 2.75) is 89.5 Å². The summed E-state index contributed by atoms with van der Waals surface area (Å²) in [4.78, 5) is 46.2. The van der Waals surface area contributed by atoms with Crippen molar-refractivity contribution in [3.8, 4) is 0 Å². The summed E-state index contributed by atoms with van der Waals surface area (Å²) in [6, 6.07) is 3.70. The third kappa shape index (κ3) is 5.20. The van der Waals surface area contributed by atoms with Crippen LogP contribution in [-0.2, 0) is 23.9 Å². The van der Waals surface area contributed by atoms with Crippen LogP contribution in [0.15, 0.2) is 43.5 Å². The SMILES string of the molecule is C=CCCCCOC(=O)[C@H]1[C@H]2C(=O)N([C@@H](CO)C(C)C)C(C(=O)N(CC=C)c3c(C)cccc3Cl)C23CC[C@]1(CC)O3. The molecule has 0 saturated carbocycles. The first kappa shape index (κ1) is 32.2. The topological polar surface area (TPSA) is 96.4 Å². The maximum absolute atomic E-state index is 14.8. The number of allylic oxidation sites excluding steroid dienone is 1. The van der Waals surface area contributed by atoms with Gasteiger partial charge in [0, 0.05) is 6.54 Å². The summed E-state index contributed by atoms with van der Waals surface area (Å²) in [6.07, 6.45) is 7.29. The van der Waals surface area contributed by atoms with E-state index in [0.717, 1.165) is 18.4 Å². The summed E-state index contributed by atoms with van der Waals surface area (Å²) in [6.45, 7) is 15.3. The van der Waals surface area contributed by atoms with Gasteiger partial charge in [-0.05, 0) is 63.0 Å².